The van der Waals surface area contributed by atoms with Crippen molar-refractivity contribution >= 4 is 11.8 Å². The molecule has 55 valence electrons. The van der Waals surface area contributed by atoms with Crippen LogP contribution in [0, 0.1) is 0 Å². The molecule has 2 heteroatoms. The first-order valence-electron chi connectivity index (χ1n) is 3.60. The lowest BCUT2D eigenvalue weighted by Gasteiger charge is -1.98. The van der Waals surface area contributed by atoms with E-state index in [1.54, 1.807) is 0 Å². The van der Waals surface area contributed by atoms with E-state index in [2.05, 4.69) is 16.7 Å². The molecule has 0 spiro atoms. The molecule has 0 aliphatic carbocycles. The van der Waals surface area contributed by atoms with Crippen LogP contribution in [-0.4, -0.2) is 7.05 Å². The highest BCUT2D eigenvalue weighted by Crippen LogP contribution is 2.24. The number of hydrogen-bond donors (Lipinski definition) is 1. The number of nitrogens with zero attached hydrogens (tertiary/aromatic N) is 1. The van der Waals surface area contributed by atoms with Crippen LogP contribution in [0.2, 0.25) is 0 Å². The quantitative estimate of drug-likeness (QED) is 0.636. The largest absolute Gasteiger partial charge is 0.373 e. The Kier molecular flexibility index (Phi) is 1.32. The smallest absolute Gasteiger partial charge is 0.127 e. The predicted octanol–water partition coefficient (Wildman–Crippen LogP) is 1.45. The van der Waals surface area contributed by atoms with Gasteiger partial charge in [0, 0.05) is 12.6 Å². The van der Waals surface area contributed by atoms with Crippen LogP contribution in [-0.2, 0) is 0 Å². The first kappa shape index (κ1) is 6.28. The van der Waals surface area contributed by atoms with E-state index in [1.807, 2.05) is 31.3 Å². The van der Waals surface area contributed by atoms with Crippen molar-refractivity contribution in [2.24, 2.45) is 0 Å². The molecule has 2 rings (SSSR count). The van der Waals surface area contributed by atoms with E-state index in [0.29, 0.717) is 0 Å². The fourth-order valence-electron chi connectivity index (χ4n) is 1.15. The number of benzene rings is 1. The molecule has 1 aliphatic rings. The van der Waals surface area contributed by atoms with Crippen molar-refractivity contribution in [3.8, 4) is 0 Å². The Hall–Kier alpha value is -1.44. The van der Waals surface area contributed by atoms with Gasteiger partial charge in [-0.3, -0.25) is 0 Å². The maximum absolute atomic E-state index is 4.32. The molecule has 1 heterocycles. The molecule has 0 saturated heterocycles. The summed E-state index contributed by atoms with van der Waals surface area (Å²) in [5.74, 6) is 0.936. The molecule has 0 bridgehead atoms. The van der Waals surface area contributed by atoms with Crippen LogP contribution in [0.3, 0.4) is 0 Å². The maximum Gasteiger partial charge on any atom is 0.127 e. The molecule has 1 radical (unpaired) electrons. The standard InChI is InChI=1S/C9H9N2/c1-10-9-6-7-4-2-3-5-8(7)11-9/h2-6,10H,1H3. The molecule has 0 unspecified atom stereocenters. The Morgan fingerprint density at radius 2 is 2.09 bits per heavy atom. The summed E-state index contributed by atoms with van der Waals surface area (Å²) in [5, 5.41) is 7.33. The summed E-state index contributed by atoms with van der Waals surface area (Å²) in [5.41, 5.74) is 2.24. The summed E-state index contributed by atoms with van der Waals surface area (Å²) in [7, 11) is 1.88. The van der Waals surface area contributed by atoms with Crippen molar-refractivity contribution in [2.75, 3.05) is 7.05 Å². The Bertz CT molecular complexity index is 302. The van der Waals surface area contributed by atoms with E-state index in [9.17, 15) is 0 Å². The normalized spacial score (nSPS) is 13.4. The molecular weight excluding hydrogens is 136 g/mol. The molecule has 0 aromatic heterocycles. The molecule has 0 fully saturated rings. The van der Waals surface area contributed by atoms with E-state index < -0.39 is 0 Å². The second-order valence-electron chi connectivity index (χ2n) is 2.45. The highest BCUT2D eigenvalue weighted by atomic mass is 15.1. The third-order valence-corrected chi connectivity index (χ3v) is 1.73. The van der Waals surface area contributed by atoms with Crippen LogP contribution in [0.5, 0.6) is 0 Å². The number of hydrogen-bond acceptors (Lipinski definition) is 1. The van der Waals surface area contributed by atoms with E-state index in [0.717, 1.165) is 11.5 Å². The number of rotatable bonds is 1. The van der Waals surface area contributed by atoms with Gasteiger partial charge in [-0.15, -0.1) is 0 Å². The summed E-state index contributed by atoms with van der Waals surface area (Å²) in [6.45, 7) is 0. The highest BCUT2D eigenvalue weighted by Gasteiger charge is 2.10. The summed E-state index contributed by atoms with van der Waals surface area (Å²) in [4.78, 5) is 0. The first-order valence-corrected chi connectivity index (χ1v) is 3.60. The average Bonchev–Trinajstić information content (AvgIpc) is 2.46. The average molecular weight is 145 g/mol. The Balaban J connectivity index is 2.39. The van der Waals surface area contributed by atoms with Gasteiger partial charge >= 0.3 is 0 Å². The van der Waals surface area contributed by atoms with Gasteiger partial charge in [0.1, 0.15) is 5.82 Å². The molecule has 0 amide bonds. The number of para-hydroxylation sites is 1. The van der Waals surface area contributed by atoms with Crippen LogP contribution in [0.1, 0.15) is 5.56 Å². The van der Waals surface area contributed by atoms with Gasteiger partial charge in [-0.25, -0.2) is 5.32 Å². The lowest BCUT2D eigenvalue weighted by atomic mass is 10.2. The van der Waals surface area contributed by atoms with Crippen LogP contribution < -0.4 is 10.6 Å². The van der Waals surface area contributed by atoms with Gasteiger partial charge in [0.2, 0.25) is 0 Å². The van der Waals surface area contributed by atoms with Crippen LogP contribution in [0.15, 0.2) is 30.1 Å². The molecule has 2 nitrogen and oxygen atoms in total. The van der Waals surface area contributed by atoms with E-state index in [1.165, 1.54) is 5.56 Å². The lowest BCUT2D eigenvalue weighted by Crippen LogP contribution is -2.09. The van der Waals surface area contributed by atoms with Crippen molar-refractivity contribution in [2.45, 2.75) is 0 Å². The van der Waals surface area contributed by atoms with Crippen molar-refractivity contribution in [3.63, 3.8) is 0 Å². The monoisotopic (exact) mass is 145 g/mol. The summed E-state index contributed by atoms with van der Waals surface area (Å²) in [6, 6.07) is 8.08. The van der Waals surface area contributed by atoms with Gasteiger partial charge in [0.25, 0.3) is 0 Å². The van der Waals surface area contributed by atoms with Crippen molar-refractivity contribution in [3.05, 3.63) is 35.6 Å². The zero-order chi connectivity index (χ0) is 7.68. The Labute approximate surface area is 65.9 Å². The molecule has 11 heavy (non-hydrogen) atoms. The second-order valence-corrected chi connectivity index (χ2v) is 2.45. The summed E-state index contributed by atoms with van der Waals surface area (Å²) in [6.07, 6.45) is 2.04. The Morgan fingerprint density at radius 1 is 1.27 bits per heavy atom. The minimum Gasteiger partial charge on any atom is -0.373 e. The third kappa shape index (κ3) is 0.963. The molecule has 1 aliphatic heterocycles. The molecule has 0 saturated carbocycles. The summed E-state index contributed by atoms with van der Waals surface area (Å²) < 4.78 is 0. The minimum absolute atomic E-state index is 0.936. The molecular formula is C9H9N2. The molecule has 1 aromatic carbocycles. The number of fused-ring (bicyclic) bond motifs is 1. The van der Waals surface area contributed by atoms with Gasteiger partial charge in [-0.1, -0.05) is 18.2 Å². The zero-order valence-corrected chi connectivity index (χ0v) is 6.33. The predicted molar refractivity (Wildman–Crippen MR) is 45.3 cm³/mol. The van der Waals surface area contributed by atoms with Crippen molar-refractivity contribution in [1.29, 1.82) is 0 Å². The van der Waals surface area contributed by atoms with E-state index >= 15 is 0 Å². The number of nitrogens with one attached hydrogen (secondary N) is 1. The Morgan fingerprint density at radius 3 is 2.82 bits per heavy atom. The SMILES string of the molecule is CNC1=Cc2ccccc2[N]1. The van der Waals surface area contributed by atoms with Gasteiger partial charge < -0.3 is 5.32 Å². The summed E-state index contributed by atoms with van der Waals surface area (Å²) >= 11 is 0. The zero-order valence-electron chi connectivity index (χ0n) is 6.33. The molecule has 1 aromatic rings. The molecule has 0 atom stereocenters. The lowest BCUT2D eigenvalue weighted by molar-refractivity contribution is 0.893. The van der Waals surface area contributed by atoms with Crippen LogP contribution in [0.25, 0.3) is 6.08 Å². The first-order chi connectivity index (χ1) is 5.40. The minimum atomic E-state index is 0.936. The van der Waals surface area contributed by atoms with Crippen LogP contribution >= 0.6 is 0 Å². The highest BCUT2D eigenvalue weighted by molar-refractivity contribution is 5.71. The fourth-order valence-corrected chi connectivity index (χ4v) is 1.15. The fraction of sp³-hybridized carbons (Fsp3) is 0.111. The van der Waals surface area contributed by atoms with Crippen molar-refractivity contribution < 1.29 is 0 Å². The van der Waals surface area contributed by atoms with Crippen LogP contribution in [0.4, 0.5) is 5.69 Å². The molecule has 1 N–H and O–H groups in total. The van der Waals surface area contributed by atoms with Gasteiger partial charge in [0.15, 0.2) is 0 Å². The van der Waals surface area contributed by atoms with Gasteiger partial charge in [-0.2, -0.15) is 0 Å². The third-order valence-electron chi connectivity index (χ3n) is 1.73. The van der Waals surface area contributed by atoms with E-state index in [4.69, 9.17) is 0 Å². The maximum atomic E-state index is 4.32. The van der Waals surface area contributed by atoms with Gasteiger partial charge in [-0.05, 0) is 12.1 Å². The van der Waals surface area contributed by atoms with Gasteiger partial charge in [0.05, 0.1) is 5.69 Å². The topological polar surface area (TPSA) is 26.1 Å². The van der Waals surface area contributed by atoms with Crippen molar-refractivity contribution in [1.82, 2.24) is 10.6 Å². The van der Waals surface area contributed by atoms with E-state index in [-0.39, 0.29) is 0 Å². The second kappa shape index (κ2) is 2.31.